The second kappa shape index (κ2) is 4.19. The van der Waals surface area contributed by atoms with Crippen molar-refractivity contribution in [2.24, 2.45) is 10.7 Å². The lowest BCUT2D eigenvalue weighted by molar-refractivity contribution is 1.07. The molecule has 2 nitrogen and oxygen atoms in total. The van der Waals surface area contributed by atoms with Gasteiger partial charge in [-0.25, -0.2) is 0 Å². The number of nitrogens with two attached hydrogens (primary N) is 1. The van der Waals surface area contributed by atoms with Crippen LogP contribution in [-0.2, 0) is 6.54 Å². The van der Waals surface area contributed by atoms with Crippen molar-refractivity contribution >= 4 is 11.4 Å². The van der Waals surface area contributed by atoms with Gasteiger partial charge in [-0.3, -0.25) is 4.99 Å². The summed E-state index contributed by atoms with van der Waals surface area (Å²) in [5.41, 5.74) is 9.99. The normalized spacial score (nSPS) is 9.85. The molecule has 0 heterocycles. The minimum Gasteiger partial charge on any atom is -0.326 e. The summed E-state index contributed by atoms with van der Waals surface area (Å²) >= 11 is 0. The fourth-order valence-electron chi connectivity index (χ4n) is 1.21. The molecule has 2 N–H and O–H groups in total. The third-order valence-electron chi connectivity index (χ3n) is 1.84. The van der Waals surface area contributed by atoms with Crippen molar-refractivity contribution in [3.63, 3.8) is 0 Å². The van der Waals surface area contributed by atoms with Crippen molar-refractivity contribution in [1.29, 1.82) is 0 Å². The highest BCUT2D eigenvalue weighted by Crippen LogP contribution is 2.19. The molecule has 0 saturated carbocycles. The number of aryl methyl sites for hydroxylation is 1. The average Bonchev–Trinajstić information content (AvgIpc) is 2.08. The van der Waals surface area contributed by atoms with E-state index in [0.29, 0.717) is 6.54 Å². The minimum absolute atomic E-state index is 0.593. The minimum atomic E-state index is 0.593. The van der Waals surface area contributed by atoms with Crippen molar-refractivity contribution in [2.45, 2.75) is 27.3 Å². The maximum Gasteiger partial charge on any atom is 0.0658 e. The van der Waals surface area contributed by atoms with E-state index in [1.807, 2.05) is 26.0 Å². The molecule has 1 aromatic rings. The van der Waals surface area contributed by atoms with Gasteiger partial charge >= 0.3 is 0 Å². The topological polar surface area (TPSA) is 38.4 Å². The van der Waals surface area contributed by atoms with Gasteiger partial charge in [0.15, 0.2) is 0 Å². The Morgan fingerprint density at radius 1 is 1.38 bits per heavy atom. The first kappa shape index (κ1) is 9.93. The van der Waals surface area contributed by atoms with E-state index in [0.717, 1.165) is 17.0 Å². The highest BCUT2D eigenvalue weighted by molar-refractivity contribution is 5.82. The van der Waals surface area contributed by atoms with Gasteiger partial charge in [0.25, 0.3) is 0 Å². The zero-order valence-corrected chi connectivity index (χ0v) is 8.46. The zero-order valence-electron chi connectivity index (χ0n) is 8.46. The van der Waals surface area contributed by atoms with Crippen LogP contribution in [0.25, 0.3) is 0 Å². The number of benzene rings is 1. The van der Waals surface area contributed by atoms with Gasteiger partial charge in [0, 0.05) is 12.3 Å². The highest BCUT2D eigenvalue weighted by Gasteiger charge is 1.97. The van der Waals surface area contributed by atoms with Crippen LogP contribution in [0.5, 0.6) is 0 Å². The summed E-state index contributed by atoms with van der Waals surface area (Å²) in [6.07, 6.45) is 0. The van der Waals surface area contributed by atoms with E-state index in [9.17, 15) is 0 Å². The van der Waals surface area contributed by atoms with Gasteiger partial charge in [0.1, 0.15) is 0 Å². The highest BCUT2D eigenvalue weighted by atomic mass is 14.7. The van der Waals surface area contributed by atoms with Crippen molar-refractivity contribution in [3.05, 3.63) is 29.3 Å². The molecule has 0 aromatic heterocycles. The van der Waals surface area contributed by atoms with Gasteiger partial charge in [-0.05, 0) is 38.0 Å². The SMILES string of the molecule is CC(C)=Nc1ccc(CN)cc1C. The summed E-state index contributed by atoms with van der Waals surface area (Å²) in [6.45, 7) is 6.64. The molecular weight excluding hydrogens is 160 g/mol. The molecule has 0 amide bonds. The summed E-state index contributed by atoms with van der Waals surface area (Å²) in [5, 5.41) is 0. The van der Waals surface area contributed by atoms with Gasteiger partial charge in [-0.1, -0.05) is 12.1 Å². The molecular formula is C11H16N2. The van der Waals surface area contributed by atoms with Crippen LogP contribution in [0.4, 0.5) is 5.69 Å². The van der Waals surface area contributed by atoms with E-state index in [4.69, 9.17) is 5.73 Å². The fourth-order valence-corrected chi connectivity index (χ4v) is 1.21. The Kier molecular flexibility index (Phi) is 3.20. The van der Waals surface area contributed by atoms with Gasteiger partial charge in [-0.2, -0.15) is 0 Å². The molecule has 0 fully saturated rings. The molecule has 0 radical (unpaired) electrons. The molecule has 0 spiro atoms. The Hall–Kier alpha value is -1.15. The van der Waals surface area contributed by atoms with Gasteiger partial charge in [0.2, 0.25) is 0 Å². The van der Waals surface area contributed by atoms with Crippen LogP contribution < -0.4 is 5.73 Å². The van der Waals surface area contributed by atoms with Crippen LogP contribution in [0.2, 0.25) is 0 Å². The molecule has 70 valence electrons. The smallest absolute Gasteiger partial charge is 0.0658 e. The van der Waals surface area contributed by atoms with Crippen LogP contribution in [0.1, 0.15) is 25.0 Å². The molecule has 0 aliphatic rings. The van der Waals surface area contributed by atoms with E-state index >= 15 is 0 Å². The molecule has 1 aromatic carbocycles. The second-order valence-corrected chi connectivity index (χ2v) is 3.38. The molecule has 13 heavy (non-hydrogen) atoms. The van der Waals surface area contributed by atoms with Gasteiger partial charge in [-0.15, -0.1) is 0 Å². The summed E-state index contributed by atoms with van der Waals surface area (Å²) < 4.78 is 0. The van der Waals surface area contributed by atoms with Crippen molar-refractivity contribution in [3.8, 4) is 0 Å². The molecule has 0 bridgehead atoms. The van der Waals surface area contributed by atoms with E-state index in [1.54, 1.807) is 0 Å². The van der Waals surface area contributed by atoms with Crippen LogP contribution >= 0.6 is 0 Å². The third-order valence-corrected chi connectivity index (χ3v) is 1.84. The molecule has 0 unspecified atom stereocenters. The number of hydrogen-bond acceptors (Lipinski definition) is 2. The standard InChI is InChI=1S/C11H16N2/c1-8(2)13-11-5-4-10(7-12)6-9(11)3/h4-6H,7,12H2,1-3H3. The predicted octanol–water partition coefficient (Wildman–Crippen LogP) is 2.57. The maximum atomic E-state index is 5.53. The Labute approximate surface area is 79.5 Å². The average molecular weight is 176 g/mol. The largest absolute Gasteiger partial charge is 0.326 e. The number of aliphatic imine (C=N–C) groups is 1. The first-order chi connectivity index (χ1) is 6.13. The Morgan fingerprint density at radius 2 is 2.08 bits per heavy atom. The lowest BCUT2D eigenvalue weighted by Gasteiger charge is -2.03. The molecule has 0 saturated heterocycles. The monoisotopic (exact) mass is 176 g/mol. The van der Waals surface area contributed by atoms with E-state index in [1.165, 1.54) is 5.56 Å². The third kappa shape index (κ3) is 2.67. The van der Waals surface area contributed by atoms with Crippen molar-refractivity contribution in [2.75, 3.05) is 0 Å². The summed E-state index contributed by atoms with van der Waals surface area (Å²) in [4.78, 5) is 4.41. The van der Waals surface area contributed by atoms with Crippen molar-refractivity contribution in [1.82, 2.24) is 0 Å². The maximum absolute atomic E-state index is 5.53. The van der Waals surface area contributed by atoms with Crippen LogP contribution in [0.15, 0.2) is 23.2 Å². The molecule has 2 heteroatoms. The van der Waals surface area contributed by atoms with Crippen LogP contribution in [0, 0.1) is 6.92 Å². The van der Waals surface area contributed by atoms with Gasteiger partial charge in [0.05, 0.1) is 5.69 Å². The first-order valence-corrected chi connectivity index (χ1v) is 4.45. The van der Waals surface area contributed by atoms with Crippen LogP contribution in [-0.4, -0.2) is 5.71 Å². The second-order valence-electron chi connectivity index (χ2n) is 3.38. The van der Waals surface area contributed by atoms with E-state index in [2.05, 4.69) is 18.0 Å². The predicted molar refractivity (Wildman–Crippen MR) is 57.5 cm³/mol. The van der Waals surface area contributed by atoms with E-state index in [-0.39, 0.29) is 0 Å². The Bertz CT molecular complexity index is 323. The fraction of sp³-hybridized carbons (Fsp3) is 0.364. The number of nitrogens with zero attached hydrogens (tertiary/aromatic N) is 1. The van der Waals surface area contributed by atoms with Gasteiger partial charge < -0.3 is 5.73 Å². The Morgan fingerprint density at radius 3 is 2.54 bits per heavy atom. The molecule has 0 atom stereocenters. The van der Waals surface area contributed by atoms with E-state index < -0.39 is 0 Å². The van der Waals surface area contributed by atoms with Crippen LogP contribution in [0.3, 0.4) is 0 Å². The molecule has 0 aliphatic carbocycles. The number of rotatable bonds is 2. The number of hydrogen-bond donors (Lipinski definition) is 1. The lowest BCUT2D eigenvalue weighted by atomic mass is 10.1. The van der Waals surface area contributed by atoms with Crippen molar-refractivity contribution < 1.29 is 0 Å². The summed E-state index contributed by atoms with van der Waals surface area (Å²) in [5.74, 6) is 0. The molecule has 1 rings (SSSR count). The molecule has 0 aliphatic heterocycles. The quantitative estimate of drug-likeness (QED) is 0.691. The summed E-state index contributed by atoms with van der Waals surface area (Å²) in [7, 11) is 0. The Balaban J connectivity index is 3.05. The first-order valence-electron chi connectivity index (χ1n) is 4.45. The summed E-state index contributed by atoms with van der Waals surface area (Å²) in [6, 6.07) is 6.13. The lowest BCUT2D eigenvalue weighted by Crippen LogP contribution is -1.96. The zero-order chi connectivity index (χ0) is 9.84.